The lowest BCUT2D eigenvalue weighted by atomic mass is 9.87. The fourth-order valence-electron chi connectivity index (χ4n) is 2.61. The first-order valence-corrected chi connectivity index (χ1v) is 8.05. The molecule has 1 N–H and O–H groups in total. The Bertz CT molecular complexity index is 438. The highest BCUT2D eigenvalue weighted by molar-refractivity contribution is 7.10. The fourth-order valence-corrected chi connectivity index (χ4v) is 3.32. The third kappa shape index (κ3) is 3.90. The van der Waals surface area contributed by atoms with Crippen LogP contribution in [0.3, 0.4) is 0 Å². The van der Waals surface area contributed by atoms with Crippen molar-refractivity contribution in [3.63, 3.8) is 0 Å². The number of carbonyl (C=O) groups excluding carboxylic acids is 2. The highest BCUT2D eigenvalue weighted by atomic mass is 32.1. The molecule has 2 heterocycles. The minimum absolute atomic E-state index is 0.0368. The number of ketones is 1. The van der Waals surface area contributed by atoms with Crippen LogP contribution in [0.25, 0.3) is 0 Å². The summed E-state index contributed by atoms with van der Waals surface area (Å²) in [6.45, 7) is 2.95. The lowest BCUT2D eigenvalue weighted by Crippen LogP contribution is -2.47. The molecule has 1 aromatic rings. The average Bonchev–Trinajstić information content (AvgIpc) is 2.93. The molecule has 1 saturated heterocycles. The minimum atomic E-state index is -0.669. The zero-order chi connectivity index (χ0) is 14.4. The summed E-state index contributed by atoms with van der Waals surface area (Å²) in [5.74, 6) is -1.09. The molecule has 0 saturated carbocycles. The first kappa shape index (κ1) is 15.2. The Morgan fingerprint density at radius 1 is 1.50 bits per heavy atom. The second kappa shape index (κ2) is 7.55. The largest absolute Gasteiger partial charge is 0.465 e. The van der Waals surface area contributed by atoms with Crippen molar-refractivity contribution in [1.29, 1.82) is 0 Å². The Hall–Kier alpha value is -1.20. The van der Waals surface area contributed by atoms with Crippen molar-refractivity contribution in [2.75, 3.05) is 13.2 Å². The minimum Gasteiger partial charge on any atom is -0.465 e. The lowest BCUT2D eigenvalue weighted by Gasteiger charge is -2.29. The Labute approximate surface area is 123 Å². The summed E-state index contributed by atoms with van der Waals surface area (Å²) in [6, 6.07) is 3.78. The van der Waals surface area contributed by atoms with E-state index < -0.39 is 5.92 Å². The van der Waals surface area contributed by atoms with Gasteiger partial charge in [0.15, 0.2) is 5.78 Å². The predicted molar refractivity (Wildman–Crippen MR) is 78.8 cm³/mol. The molecule has 1 aromatic heterocycles. The van der Waals surface area contributed by atoms with Crippen LogP contribution in [-0.2, 0) is 20.7 Å². The molecule has 1 aliphatic heterocycles. The Kier molecular flexibility index (Phi) is 5.73. The van der Waals surface area contributed by atoms with E-state index in [0.717, 1.165) is 30.7 Å². The van der Waals surface area contributed by atoms with Gasteiger partial charge in [-0.1, -0.05) is 12.5 Å². The number of nitrogens with one attached hydrogen (secondary N) is 1. The van der Waals surface area contributed by atoms with Gasteiger partial charge in [-0.15, -0.1) is 11.3 Å². The second-order valence-corrected chi connectivity index (χ2v) is 6.04. The standard InChI is InChI=1S/C15H21NO3S/c1-2-19-15(18)14(12-7-3-4-8-16-12)13(17)10-11-6-5-9-20-11/h5-6,9,12,14,16H,2-4,7-8,10H2,1H3. The van der Waals surface area contributed by atoms with Gasteiger partial charge >= 0.3 is 5.97 Å². The van der Waals surface area contributed by atoms with Crippen LogP contribution in [0, 0.1) is 5.92 Å². The van der Waals surface area contributed by atoms with Crippen molar-refractivity contribution in [2.45, 2.75) is 38.6 Å². The number of carbonyl (C=O) groups is 2. The van der Waals surface area contributed by atoms with E-state index in [4.69, 9.17) is 4.74 Å². The number of hydrogen-bond acceptors (Lipinski definition) is 5. The fraction of sp³-hybridized carbons (Fsp3) is 0.600. The molecule has 2 rings (SSSR count). The topological polar surface area (TPSA) is 55.4 Å². The summed E-state index contributed by atoms with van der Waals surface area (Å²) in [5.41, 5.74) is 0. The van der Waals surface area contributed by atoms with Crippen LogP contribution in [-0.4, -0.2) is 30.9 Å². The Morgan fingerprint density at radius 3 is 2.95 bits per heavy atom. The van der Waals surface area contributed by atoms with Gasteiger partial charge in [-0.05, 0) is 37.8 Å². The maximum absolute atomic E-state index is 12.5. The quantitative estimate of drug-likeness (QED) is 0.645. The number of hydrogen-bond donors (Lipinski definition) is 1. The zero-order valence-corrected chi connectivity index (χ0v) is 12.6. The van der Waals surface area contributed by atoms with Crippen LogP contribution in [0.4, 0.5) is 0 Å². The predicted octanol–water partition coefficient (Wildman–Crippen LogP) is 2.18. The van der Waals surface area contributed by atoms with Crippen molar-refractivity contribution >= 4 is 23.1 Å². The van der Waals surface area contributed by atoms with E-state index in [2.05, 4.69) is 5.32 Å². The van der Waals surface area contributed by atoms with Gasteiger partial charge in [0.1, 0.15) is 5.92 Å². The molecule has 2 unspecified atom stereocenters. The van der Waals surface area contributed by atoms with Gasteiger partial charge < -0.3 is 10.1 Å². The van der Waals surface area contributed by atoms with Gasteiger partial charge in [0.25, 0.3) is 0 Å². The van der Waals surface area contributed by atoms with Crippen molar-refractivity contribution in [3.8, 4) is 0 Å². The van der Waals surface area contributed by atoms with Gasteiger partial charge in [-0.25, -0.2) is 0 Å². The molecule has 0 aromatic carbocycles. The number of ether oxygens (including phenoxy) is 1. The summed E-state index contributed by atoms with van der Waals surface area (Å²) < 4.78 is 5.10. The van der Waals surface area contributed by atoms with Crippen LogP contribution in [0.15, 0.2) is 17.5 Å². The molecule has 1 fully saturated rings. The first-order chi connectivity index (χ1) is 9.72. The second-order valence-electron chi connectivity index (χ2n) is 5.01. The molecule has 0 bridgehead atoms. The van der Waals surface area contributed by atoms with Crippen LogP contribution in [0.2, 0.25) is 0 Å². The SMILES string of the molecule is CCOC(=O)C(C(=O)Cc1cccs1)C1CCCCN1. The highest BCUT2D eigenvalue weighted by Gasteiger charge is 2.36. The summed E-state index contributed by atoms with van der Waals surface area (Å²) in [7, 11) is 0. The molecule has 2 atom stereocenters. The molecule has 0 aliphatic carbocycles. The van der Waals surface area contributed by atoms with Crippen molar-refractivity contribution < 1.29 is 14.3 Å². The van der Waals surface area contributed by atoms with Crippen molar-refractivity contribution in [1.82, 2.24) is 5.32 Å². The third-order valence-corrected chi connectivity index (χ3v) is 4.44. The molecular weight excluding hydrogens is 274 g/mol. The summed E-state index contributed by atoms with van der Waals surface area (Å²) in [6.07, 6.45) is 3.34. The van der Waals surface area contributed by atoms with Crippen LogP contribution < -0.4 is 5.32 Å². The molecule has 20 heavy (non-hydrogen) atoms. The zero-order valence-electron chi connectivity index (χ0n) is 11.8. The molecule has 1 aliphatic rings. The number of piperidine rings is 1. The van der Waals surface area contributed by atoms with Crippen LogP contribution in [0.1, 0.15) is 31.1 Å². The smallest absolute Gasteiger partial charge is 0.318 e. The third-order valence-electron chi connectivity index (χ3n) is 3.57. The van der Waals surface area contributed by atoms with Crippen LogP contribution in [0.5, 0.6) is 0 Å². The number of Topliss-reactive ketones (excluding diaryl/α,β-unsaturated/α-hetero) is 1. The monoisotopic (exact) mass is 295 g/mol. The summed E-state index contributed by atoms with van der Waals surface area (Å²) in [4.78, 5) is 25.6. The molecule has 0 amide bonds. The summed E-state index contributed by atoms with van der Waals surface area (Å²) >= 11 is 1.55. The normalized spacial score (nSPS) is 20.4. The van der Waals surface area contributed by atoms with Crippen molar-refractivity contribution in [2.24, 2.45) is 5.92 Å². The Morgan fingerprint density at radius 2 is 2.35 bits per heavy atom. The lowest BCUT2D eigenvalue weighted by molar-refractivity contribution is -0.153. The maximum atomic E-state index is 12.5. The molecule has 0 spiro atoms. The van der Waals surface area contributed by atoms with E-state index in [0.29, 0.717) is 13.0 Å². The maximum Gasteiger partial charge on any atom is 0.318 e. The molecular formula is C15H21NO3S. The van der Waals surface area contributed by atoms with E-state index in [9.17, 15) is 9.59 Å². The van der Waals surface area contributed by atoms with E-state index in [1.165, 1.54) is 0 Å². The molecule has 5 heteroatoms. The first-order valence-electron chi connectivity index (χ1n) is 7.17. The average molecular weight is 295 g/mol. The van der Waals surface area contributed by atoms with Gasteiger partial charge in [0.2, 0.25) is 0 Å². The van der Waals surface area contributed by atoms with E-state index in [1.807, 2.05) is 17.5 Å². The van der Waals surface area contributed by atoms with Crippen molar-refractivity contribution in [3.05, 3.63) is 22.4 Å². The van der Waals surface area contributed by atoms with Gasteiger partial charge in [0, 0.05) is 17.3 Å². The van der Waals surface area contributed by atoms with E-state index in [-0.39, 0.29) is 17.8 Å². The number of rotatable bonds is 6. The van der Waals surface area contributed by atoms with Crippen LogP contribution >= 0.6 is 11.3 Å². The van der Waals surface area contributed by atoms with E-state index >= 15 is 0 Å². The molecule has 4 nitrogen and oxygen atoms in total. The number of thiophene rings is 1. The number of esters is 1. The molecule has 0 radical (unpaired) electrons. The van der Waals surface area contributed by atoms with Gasteiger partial charge in [-0.2, -0.15) is 0 Å². The molecule has 110 valence electrons. The highest BCUT2D eigenvalue weighted by Crippen LogP contribution is 2.21. The van der Waals surface area contributed by atoms with Gasteiger partial charge in [-0.3, -0.25) is 9.59 Å². The van der Waals surface area contributed by atoms with Gasteiger partial charge in [0.05, 0.1) is 6.61 Å². The summed E-state index contributed by atoms with van der Waals surface area (Å²) in [5, 5.41) is 5.25. The van der Waals surface area contributed by atoms with E-state index in [1.54, 1.807) is 18.3 Å². The Balaban J connectivity index is 2.07.